The zero-order valence-electron chi connectivity index (χ0n) is 12.2. The molecule has 1 fully saturated rings. The Morgan fingerprint density at radius 1 is 1.37 bits per heavy atom. The molecule has 1 saturated heterocycles. The molecule has 7 heteroatoms. The third-order valence-corrected chi connectivity index (χ3v) is 4.88. The van der Waals surface area contributed by atoms with Crippen molar-refractivity contribution in [1.29, 1.82) is 0 Å². The van der Waals surface area contributed by atoms with Gasteiger partial charge in [-0.15, -0.1) is 0 Å². The van der Waals surface area contributed by atoms with Gasteiger partial charge >= 0.3 is 0 Å². The number of sulfonamides is 1. The number of nitrogens with zero attached hydrogens (tertiary/aromatic N) is 3. The van der Waals surface area contributed by atoms with Gasteiger partial charge in [0.15, 0.2) is 5.96 Å². The Bertz CT molecular complexity index is 404. The normalized spacial score (nSPS) is 22.5. The highest BCUT2D eigenvalue weighted by atomic mass is 32.2. The average molecular weight is 290 g/mol. The van der Waals surface area contributed by atoms with E-state index in [2.05, 4.69) is 4.99 Å². The quantitative estimate of drug-likeness (QED) is 0.589. The molecule has 0 amide bonds. The van der Waals surface area contributed by atoms with Crippen LogP contribution in [0.4, 0.5) is 0 Å². The molecule has 1 unspecified atom stereocenters. The van der Waals surface area contributed by atoms with Gasteiger partial charge in [-0.25, -0.2) is 8.42 Å². The van der Waals surface area contributed by atoms with Crippen molar-refractivity contribution in [1.82, 2.24) is 9.21 Å². The summed E-state index contributed by atoms with van der Waals surface area (Å²) in [6.45, 7) is 6.72. The van der Waals surface area contributed by atoms with Gasteiger partial charge in [-0.05, 0) is 26.7 Å². The van der Waals surface area contributed by atoms with Crippen LogP contribution in [-0.4, -0.2) is 62.1 Å². The first-order valence-electron chi connectivity index (χ1n) is 6.91. The number of rotatable bonds is 5. The molecule has 2 N–H and O–H groups in total. The first kappa shape index (κ1) is 16.2. The minimum absolute atomic E-state index is 0.0436. The maximum absolute atomic E-state index is 11.7. The summed E-state index contributed by atoms with van der Waals surface area (Å²) in [5, 5.41) is 0. The molecule has 112 valence electrons. The van der Waals surface area contributed by atoms with Crippen LogP contribution >= 0.6 is 0 Å². The summed E-state index contributed by atoms with van der Waals surface area (Å²) in [5.41, 5.74) is 5.92. The van der Waals surface area contributed by atoms with Gasteiger partial charge < -0.3 is 10.6 Å². The maximum Gasteiger partial charge on any atom is 0.211 e. The molecule has 1 heterocycles. The van der Waals surface area contributed by atoms with E-state index in [9.17, 15) is 8.42 Å². The lowest BCUT2D eigenvalue weighted by atomic mass is 10.1. The van der Waals surface area contributed by atoms with E-state index in [1.165, 1.54) is 6.26 Å². The van der Waals surface area contributed by atoms with Crippen molar-refractivity contribution in [3.63, 3.8) is 0 Å². The molecule has 1 aliphatic rings. The second kappa shape index (κ2) is 7.09. The van der Waals surface area contributed by atoms with Gasteiger partial charge in [0.05, 0.1) is 12.8 Å². The standard InChI is InChI=1S/C12H26N4O2S/c1-4-15(5-2)12(13)14-10-11-8-6-7-9-16(11)19(3,17)18/h11H,4-10H2,1-3H3,(H2,13,14). The topological polar surface area (TPSA) is 79.0 Å². The SMILES string of the molecule is CCN(CC)C(N)=NCC1CCCCN1S(C)(=O)=O. The van der Waals surface area contributed by atoms with Crippen LogP contribution in [0.5, 0.6) is 0 Å². The molecule has 0 aromatic carbocycles. The summed E-state index contributed by atoms with van der Waals surface area (Å²) in [6.07, 6.45) is 4.11. The highest BCUT2D eigenvalue weighted by Gasteiger charge is 2.29. The molecule has 1 atom stereocenters. The average Bonchev–Trinajstić information content (AvgIpc) is 2.37. The van der Waals surface area contributed by atoms with E-state index in [4.69, 9.17) is 5.73 Å². The third kappa shape index (κ3) is 4.65. The lowest BCUT2D eigenvalue weighted by molar-refractivity contribution is 0.259. The molecule has 6 nitrogen and oxygen atoms in total. The van der Waals surface area contributed by atoms with Crippen LogP contribution in [0.25, 0.3) is 0 Å². The van der Waals surface area contributed by atoms with Gasteiger partial charge in [0.1, 0.15) is 0 Å². The second-order valence-corrected chi connectivity index (χ2v) is 6.83. The van der Waals surface area contributed by atoms with E-state index in [0.717, 1.165) is 32.4 Å². The van der Waals surface area contributed by atoms with Gasteiger partial charge in [0.2, 0.25) is 10.0 Å². The molecule has 1 aliphatic heterocycles. The Balaban J connectivity index is 2.71. The van der Waals surface area contributed by atoms with E-state index in [0.29, 0.717) is 19.0 Å². The predicted molar refractivity (Wildman–Crippen MR) is 78.6 cm³/mol. The molecular formula is C12H26N4O2S. The summed E-state index contributed by atoms with van der Waals surface area (Å²) < 4.78 is 25.0. The van der Waals surface area contributed by atoms with Crippen LogP contribution in [0.1, 0.15) is 33.1 Å². The van der Waals surface area contributed by atoms with Crippen molar-refractivity contribution in [3.8, 4) is 0 Å². The largest absolute Gasteiger partial charge is 0.370 e. The Morgan fingerprint density at radius 3 is 2.53 bits per heavy atom. The van der Waals surface area contributed by atoms with Crippen LogP contribution in [0, 0.1) is 0 Å². The van der Waals surface area contributed by atoms with Crippen molar-refractivity contribution in [2.45, 2.75) is 39.2 Å². The number of piperidine rings is 1. The molecule has 0 saturated carbocycles. The first-order chi connectivity index (χ1) is 8.90. The van der Waals surface area contributed by atoms with Gasteiger partial charge in [-0.3, -0.25) is 4.99 Å². The number of aliphatic imine (C=N–C) groups is 1. The van der Waals surface area contributed by atoms with E-state index in [1.807, 2.05) is 18.7 Å². The summed E-state index contributed by atoms with van der Waals surface area (Å²) in [4.78, 5) is 6.33. The minimum Gasteiger partial charge on any atom is -0.370 e. The zero-order chi connectivity index (χ0) is 14.5. The van der Waals surface area contributed by atoms with E-state index < -0.39 is 10.0 Å². The van der Waals surface area contributed by atoms with Crippen molar-refractivity contribution < 1.29 is 8.42 Å². The summed E-state index contributed by atoms with van der Waals surface area (Å²) in [6, 6.07) is -0.0436. The van der Waals surface area contributed by atoms with Crippen LogP contribution in [0.3, 0.4) is 0 Å². The van der Waals surface area contributed by atoms with Crippen molar-refractivity contribution in [3.05, 3.63) is 0 Å². The highest BCUT2D eigenvalue weighted by molar-refractivity contribution is 7.88. The molecule has 1 rings (SSSR count). The van der Waals surface area contributed by atoms with E-state index in [1.54, 1.807) is 4.31 Å². The van der Waals surface area contributed by atoms with Gasteiger partial charge in [-0.1, -0.05) is 6.42 Å². The fourth-order valence-corrected chi connectivity index (χ4v) is 3.61. The fraction of sp³-hybridized carbons (Fsp3) is 0.917. The minimum atomic E-state index is -3.14. The van der Waals surface area contributed by atoms with Crippen molar-refractivity contribution >= 4 is 16.0 Å². The van der Waals surface area contributed by atoms with Crippen LogP contribution in [-0.2, 0) is 10.0 Å². The second-order valence-electron chi connectivity index (χ2n) is 4.89. The van der Waals surface area contributed by atoms with Crippen molar-refractivity contribution in [2.24, 2.45) is 10.7 Å². The van der Waals surface area contributed by atoms with Crippen LogP contribution < -0.4 is 5.73 Å². The lowest BCUT2D eigenvalue weighted by Crippen LogP contribution is -2.45. The fourth-order valence-electron chi connectivity index (χ4n) is 2.44. The molecule has 0 aromatic heterocycles. The molecule has 0 bridgehead atoms. The lowest BCUT2D eigenvalue weighted by Gasteiger charge is -2.33. The van der Waals surface area contributed by atoms with Gasteiger partial charge in [-0.2, -0.15) is 4.31 Å². The maximum atomic E-state index is 11.7. The molecule has 0 radical (unpaired) electrons. The summed E-state index contributed by atoms with van der Waals surface area (Å²) in [7, 11) is -3.14. The molecule has 19 heavy (non-hydrogen) atoms. The van der Waals surface area contributed by atoms with Gasteiger partial charge in [0, 0.05) is 25.7 Å². The Kier molecular flexibility index (Phi) is 6.06. The predicted octanol–water partition coefficient (Wildman–Crippen LogP) is 0.457. The Hall–Kier alpha value is -0.820. The van der Waals surface area contributed by atoms with E-state index >= 15 is 0 Å². The number of guanidine groups is 1. The van der Waals surface area contributed by atoms with Gasteiger partial charge in [0.25, 0.3) is 0 Å². The van der Waals surface area contributed by atoms with Crippen LogP contribution in [0.2, 0.25) is 0 Å². The number of nitrogens with two attached hydrogens (primary N) is 1. The van der Waals surface area contributed by atoms with Crippen LogP contribution in [0.15, 0.2) is 4.99 Å². The number of hydrogen-bond donors (Lipinski definition) is 1. The van der Waals surface area contributed by atoms with Crippen molar-refractivity contribution in [2.75, 3.05) is 32.4 Å². The summed E-state index contributed by atoms with van der Waals surface area (Å²) in [5.74, 6) is 0.504. The Labute approximate surface area is 116 Å². The molecular weight excluding hydrogens is 264 g/mol. The Morgan fingerprint density at radius 2 is 2.00 bits per heavy atom. The molecule has 0 aliphatic carbocycles. The summed E-state index contributed by atoms with van der Waals surface area (Å²) >= 11 is 0. The third-order valence-electron chi connectivity index (χ3n) is 3.55. The highest BCUT2D eigenvalue weighted by Crippen LogP contribution is 2.20. The molecule has 0 spiro atoms. The zero-order valence-corrected chi connectivity index (χ0v) is 13.0. The smallest absolute Gasteiger partial charge is 0.211 e. The number of hydrogen-bond acceptors (Lipinski definition) is 3. The molecule has 0 aromatic rings. The first-order valence-corrected chi connectivity index (χ1v) is 8.76. The monoisotopic (exact) mass is 290 g/mol. The van der Waals surface area contributed by atoms with E-state index in [-0.39, 0.29) is 6.04 Å².